The Morgan fingerprint density at radius 1 is 1.37 bits per heavy atom. The molecule has 4 heteroatoms. The highest BCUT2D eigenvalue weighted by atomic mass is 16.5. The molecule has 0 spiro atoms. The number of nitrogens with one attached hydrogen (secondary N) is 1. The van der Waals surface area contributed by atoms with E-state index in [9.17, 15) is 0 Å². The lowest BCUT2D eigenvalue weighted by Gasteiger charge is -2.16. The van der Waals surface area contributed by atoms with Crippen LogP contribution in [0.3, 0.4) is 0 Å². The van der Waals surface area contributed by atoms with Gasteiger partial charge in [0.25, 0.3) is 0 Å². The van der Waals surface area contributed by atoms with Crippen LogP contribution in [0, 0.1) is 6.92 Å². The highest BCUT2D eigenvalue weighted by Crippen LogP contribution is 2.29. The van der Waals surface area contributed by atoms with Crippen LogP contribution in [0.25, 0.3) is 11.3 Å². The average Bonchev–Trinajstić information content (AvgIpc) is 2.75. The third-order valence-corrected chi connectivity index (χ3v) is 2.90. The summed E-state index contributed by atoms with van der Waals surface area (Å²) >= 11 is 0. The molecule has 1 aromatic heterocycles. The smallest absolute Gasteiger partial charge is 0.128 e. The second kappa shape index (κ2) is 5.05. The van der Waals surface area contributed by atoms with E-state index >= 15 is 0 Å². The number of aromatic nitrogens is 2. The van der Waals surface area contributed by atoms with Crippen molar-refractivity contribution in [1.82, 2.24) is 9.97 Å². The molecule has 3 N–H and O–H groups in total. The summed E-state index contributed by atoms with van der Waals surface area (Å²) in [5, 5.41) is 0. The third kappa shape index (κ3) is 3.35. The van der Waals surface area contributed by atoms with Crippen LogP contribution in [-0.2, 0) is 6.42 Å². The van der Waals surface area contributed by atoms with E-state index in [1.165, 1.54) is 5.56 Å². The molecular formula is C15H21N3O. The van der Waals surface area contributed by atoms with Crippen LogP contribution in [0.2, 0.25) is 0 Å². The molecular weight excluding hydrogens is 238 g/mol. The number of aryl methyl sites for hydroxylation is 1. The molecule has 0 radical (unpaired) electrons. The fourth-order valence-corrected chi connectivity index (χ4v) is 2.05. The van der Waals surface area contributed by atoms with Crippen LogP contribution >= 0.6 is 0 Å². The van der Waals surface area contributed by atoms with Gasteiger partial charge in [0, 0.05) is 17.5 Å². The molecule has 0 unspecified atom stereocenters. The lowest BCUT2D eigenvalue weighted by molar-refractivity contribution is 0.416. The van der Waals surface area contributed by atoms with Crippen LogP contribution in [0.4, 0.5) is 0 Å². The molecule has 0 aliphatic heterocycles. The molecule has 102 valence electrons. The molecule has 2 rings (SSSR count). The zero-order chi connectivity index (χ0) is 14.0. The molecule has 0 aliphatic rings. The SMILES string of the molecule is COc1ccc(C)cc1-c1cnc(CC(C)(C)N)[nH]1. The number of nitrogens with two attached hydrogens (primary N) is 1. The van der Waals surface area contributed by atoms with Gasteiger partial charge in [-0.1, -0.05) is 11.6 Å². The van der Waals surface area contributed by atoms with Crippen molar-refractivity contribution >= 4 is 0 Å². The van der Waals surface area contributed by atoms with E-state index in [4.69, 9.17) is 10.5 Å². The third-order valence-electron chi connectivity index (χ3n) is 2.90. The fourth-order valence-electron chi connectivity index (χ4n) is 2.05. The van der Waals surface area contributed by atoms with Crippen LogP contribution in [0.5, 0.6) is 5.75 Å². The van der Waals surface area contributed by atoms with E-state index in [0.29, 0.717) is 6.42 Å². The van der Waals surface area contributed by atoms with Gasteiger partial charge in [0.2, 0.25) is 0 Å². The number of ether oxygens (including phenoxy) is 1. The van der Waals surface area contributed by atoms with Crippen molar-refractivity contribution < 1.29 is 4.74 Å². The number of aromatic amines is 1. The molecule has 0 aliphatic carbocycles. The highest BCUT2D eigenvalue weighted by molar-refractivity contribution is 5.67. The zero-order valence-electron chi connectivity index (χ0n) is 11.9. The molecule has 0 saturated heterocycles. The lowest BCUT2D eigenvalue weighted by Crippen LogP contribution is -2.34. The monoisotopic (exact) mass is 259 g/mol. The Morgan fingerprint density at radius 3 is 2.74 bits per heavy atom. The molecule has 2 aromatic rings. The van der Waals surface area contributed by atoms with E-state index in [2.05, 4.69) is 23.0 Å². The highest BCUT2D eigenvalue weighted by Gasteiger charge is 2.15. The Balaban J connectivity index is 2.35. The minimum atomic E-state index is -0.272. The van der Waals surface area contributed by atoms with Crippen molar-refractivity contribution in [2.75, 3.05) is 7.11 Å². The predicted octanol–water partition coefficient (Wildman–Crippen LogP) is 2.67. The first-order valence-electron chi connectivity index (χ1n) is 6.37. The first-order valence-corrected chi connectivity index (χ1v) is 6.37. The van der Waals surface area contributed by atoms with E-state index in [1.807, 2.05) is 32.2 Å². The maximum absolute atomic E-state index is 6.01. The number of benzene rings is 1. The van der Waals surface area contributed by atoms with Gasteiger partial charge in [-0.2, -0.15) is 0 Å². The van der Waals surface area contributed by atoms with Gasteiger partial charge in [-0.25, -0.2) is 4.98 Å². The van der Waals surface area contributed by atoms with Crippen LogP contribution in [0.1, 0.15) is 25.2 Å². The number of hydrogen-bond acceptors (Lipinski definition) is 3. The lowest BCUT2D eigenvalue weighted by atomic mass is 10.0. The van der Waals surface area contributed by atoms with Crippen molar-refractivity contribution in [1.29, 1.82) is 0 Å². The van der Waals surface area contributed by atoms with E-state index in [1.54, 1.807) is 7.11 Å². The van der Waals surface area contributed by atoms with E-state index in [0.717, 1.165) is 22.8 Å². The number of methoxy groups -OCH3 is 1. The summed E-state index contributed by atoms with van der Waals surface area (Å²) in [7, 11) is 1.68. The van der Waals surface area contributed by atoms with Gasteiger partial charge >= 0.3 is 0 Å². The minimum Gasteiger partial charge on any atom is -0.496 e. The summed E-state index contributed by atoms with van der Waals surface area (Å²) in [5.41, 5.74) is 8.91. The van der Waals surface area contributed by atoms with Crippen molar-refractivity contribution in [3.05, 3.63) is 35.8 Å². The van der Waals surface area contributed by atoms with Gasteiger partial charge in [-0.05, 0) is 32.9 Å². The van der Waals surface area contributed by atoms with Crippen LogP contribution < -0.4 is 10.5 Å². The number of nitrogens with zero attached hydrogens (tertiary/aromatic N) is 1. The Bertz CT molecular complexity index is 567. The van der Waals surface area contributed by atoms with Crippen molar-refractivity contribution in [2.45, 2.75) is 32.7 Å². The van der Waals surface area contributed by atoms with Crippen LogP contribution in [-0.4, -0.2) is 22.6 Å². The Kier molecular flexibility index (Phi) is 3.62. The van der Waals surface area contributed by atoms with Crippen LogP contribution in [0.15, 0.2) is 24.4 Å². The molecule has 0 bridgehead atoms. The van der Waals surface area contributed by atoms with Gasteiger partial charge in [-0.3, -0.25) is 0 Å². The quantitative estimate of drug-likeness (QED) is 0.887. The zero-order valence-corrected chi connectivity index (χ0v) is 11.9. The minimum absolute atomic E-state index is 0.272. The second-order valence-corrected chi connectivity index (χ2v) is 5.61. The standard InChI is InChI=1S/C15H21N3O/c1-10-5-6-13(19-4)11(7-10)12-9-17-14(18-12)8-15(2,3)16/h5-7,9H,8,16H2,1-4H3,(H,17,18). The largest absolute Gasteiger partial charge is 0.496 e. The summed E-state index contributed by atoms with van der Waals surface area (Å²) in [6.45, 7) is 6.04. The number of imidazole rings is 1. The Labute approximate surface area is 114 Å². The normalized spacial score (nSPS) is 11.6. The molecule has 1 aromatic carbocycles. The van der Waals surface area contributed by atoms with Gasteiger partial charge < -0.3 is 15.5 Å². The number of hydrogen-bond donors (Lipinski definition) is 2. The second-order valence-electron chi connectivity index (χ2n) is 5.61. The van der Waals surface area contributed by atoms with Gasteiger partial charge in [-0.15, -0.1) is 0 Å². The number of H-pyrrole nitrogens is 1. The molecule has 19 heavy (non-hydrogen) atoms. The molecule has 0 atom stereocenters. The Hall–Kier alpha value is -1.81. The maximum atomic E-state index is 6.01. The molecule has 0 saturated carbocycles. The molecule has 0 amide bonds. The van der Waals surface area contributed by atoms with Crippen molar-refractivity contribution in [2.24, 2.45) is 5.73 Å². The fraction of sp³-hybridized carbons (Fsp3) is 0.400. The topological polar surface area (TPSA) is 63.9 Å². The first kappa shape index (κ1) is 13.6. The van der Waals surface area contributed by atoms with Crippen molar-refractivity contribution in [3.8, 4) is 17.0 Å². The Morgan fingerprint density at radius 2 is 2.11 bits per heavy atom. The van der Waals surface area contributed by atoms with Gasteiger partial charge in [0.1, 0.15) is 11.6 Å². The van der Waals surface area contributed by atoms with E-state index in [-0.39, 0.29) is 5.54 Å². The van der Waals surface area contributed by atoms with Gasteiger partial charge in [0.15, 0.2) is 0 Å². The first-order chi connectivity index (χ1) is 8.89. The van der Waals surface area contributed by atoms with E-state index < -0.39 is 0 Å². The molecule has 0 fully saturated rings. The van der Waals surface area contributed by atoms with Gasteiger partial charge in [0.05, 0.1) is 19.0 Å². The van der Waals surface area contributed by atoms with Crippen molar-refractivity contribution in [3.63, 3.8) is 0 Å². The summed E-state index contributed by atoms with van der Waals surface area (Å²) in [5.74, 6) is 1.74. The molecule has 1 heterocycles. The summed E-state index contributed by atoms with van der Waals surface area (Å²) in [6.07, 6.45) is 2.54. The molecule has 4 nitrogen and oxygen atoms in total. The predicted molar refractivity (Wildman–Crippen MR) is 77.3 cm³/mol. The summed E-state index contributed by atoms with van der Waals surface area (Å²) in [6, 6.07) is 6.09. The number of rotatable bonds is 4. The summed E-state index contributed by atoms with van der Waals surface area (Å²) < 4.78 is 5.39. The average molecular weight is 259 g/mol. The maximum Gasteiger partial charge on any atom is 0.128 e. The summed E-state index contributed by atoms with van der Waals surface area (Å²) in [4.78, 5) is 7.71.